The van der Waals surface area contributed by atoms with E-state index in [1.54, 1.807) is 6.08 Å². The molecular formula is C74H127NO13. The quantitative estimate of drug-likeness (QED) is 0.0204. The lowest BCUT2D eigenvalue weighted by molar-refractivity contribution is -0.359. The molecule has 2 aliphatic rings. The van der Waals surface area contributed by atoms with Crippen LogP contribution in [0.3, 0.4) is 0 Å². The molecule has 2 heterocycles. The fourth-order valence-electron chi connectivity index (χ4n) is 10.9. The van der Waals surface area contributed by atoms with Crippen LogP contribution in [0.2, 0.25) is 0 Å². The van der Waals surface area contributed by atoms with Crippen molar-refractivity contribution < 1.29 is 64.6 Å². The zero-order chi connectivity index (χ0) is 63.8. The van der Waals surface area contributed by atoms with Crippen molar-refractivity contribution in [2.45, 2.75) is 331 Å². The Morgan fingerprint density at radius 2 is 0.795 bits per heavy atom. The van der Waals surface area contributed by atoms with Gasteiger partial charge in [0.1, 0.15) is 48.8 Å². The molecule has 0 aromatic carbocycles. The highest BCUT2D eigenvalue weighted by atomic mass is 16.7. The Hall–Kier alpha value is -3.35. The van der Waals surface area contributed by atoms with Crippen LogP contribution < -0.4 is 5.32 Å². The van der Waals surface area contributed by atoms with Crippen LogP contribution in [0.5, 0.6) is 0 Å². The fourth-order valence-corrected chi connectivity index (χ4v) is 10.9. The van der Waals surface area contributed by atoms with Crippen molar-refractivity contribution in [1.29, 1.82) is 0 Å². The van der Waals surface area contributed by atoms with Gasteiger partial charge in [-0.3, -0.25) is 4.79 Å². The number of amides is 1. The number of ether oxygens (including phenoxy) is 4. The molecule has 1 amide bonds. The summed E-state index contributed by atoms with van der Waals surface area (Å²) in [5, 5.41) is 87.3. The Morgan fingerprint density at radius 1 is 0.420 bits per heavy atom. The van der Waals surface area contributed by atoms with Crippen LogP contribution in [-0.2, 0) is 23.7 Å². The Kier molecular flexibility index (Phi) is 52.8. The van der Waals surface area contributed by atoms with E-state index in [9.17, 15) is 45.6 Å². The van der Waals surface area contributed by atoms with Gasteiger partial charge in [0.2, 0.25) is 5.91 Å². The van der Waals surface area contributed by atoms with E-state index in [1.165, 1.54) is 161 Å². The smallest absolute Gasteiger partial charge is 0.220 e. The van der Waals surface area contributed by atoms with Crippen molar-refractivity contribution in [3.05, 3.63) is 109 Å². The third-order valence-electron chi connectivity index (χ3n) is 16.4. The third kappa shape index (κ3) is 41.2. The second-order valence-corrected chi connectivity index (χ2v) is 24.3. The van der Waals surface area contributed by atoms with Gasteiger partial charge in [-0.1, -0.05) is 277 Å². The number of allylic oxidation sites excluding steroid dienone is 17. The number of rotatable bonds is 56. The molecule has 0 aromatic heterocycles. The van der Waals surface area contributed by atoms with Crippen LogP contribution in [0.15, 0.2) is 109 Å². The van der Waals surface area contributed by atoms with E-state index in [4.69, 9.17) is 18.9 Å². The van der Waals surface area contributed by atoms with Crippen LogP contribution in [0.4, 0.5) is 0 Å². The van der Waals surface area contributed by atoms with Gasteiger partial charge in [-0.2, -0.15) is 0 Å². The van der Waals surface area contributed by atoms with Gasteiger partial charge in [0.25, 0.3) is 0 Å². The minimum Gasteiger partial charge on any atom is -0.394 e. The van der Waals surface area contributed by atoms with Crippen molar-refractivity contribution >= 4 is 5.91 Å². The summed E-state index contributed by atoms with van der Waals surface area (Å²) in [6.45, 7) is 2.64. The maximum Gasteiger partial charge on any atom is 0.220 e. The van der Waals surface area contributed by atoms with Crippen molar-refractivity contribution in [3.63, 3.8) is 0 Å². The van der Waals surface area contributed by atoms with Gasteiger partial charge in [-0.15, -0.1) is 0 Å². The van der Waals surface area contributed by atoms with Gasteiger partial charge < -0.3 is 65.1 Å². The molecule has 12 atom stereocenters. The number of aliphatic hydroxyl groups is 8. The average Bonchev–Trinajstić information content (AvgIpc) is 1.78. The SMILES string of the molecule is CC/C=C\C/C=C\C/C=C\C/C=C\C/C=C\C/C=C\C/C=C\CCCC(=O)NC(COC1OC(CO)C(OC2OC(CO)C(O)C(O)C2O)C(O)C1O)C(O)/C=C/CC/C=C/CCCCCCCCCCCCCCCCCCCCCCCCCCC. The molecule has 506 valence electrons. The van der Waals surface area contributed by atoms with Gasteiger partial charge in [0.05, 0.1) is 32.0 Å². The lowest BCUT2D eigenvalue weighted by Gasteiger charge is -2.46. The van der Waals surface area contributed by atoms with E-state index < -0.39 is 86.8 Å². The number of unbranched alkanes of at least 4 members (excludes halogenated alkanes) is 27. The summed E-state index contributed by atoms with van der Waals surface area (Å²) in [4.78, 5) is 13.3. The number of hydrogen-bond acceptors (Lipinski definition) is 13. The first-order valence-electron chi connectivity index (χ1n) is 35.1. The fraction of sp³-hybridized carbons (Fsp3) is 0.743. The topological polar surface area (TPSA) is 228 Å². The normalized spacial score (nSPS) is 23.8. The van der Waals surface area contributed by atoms with Crippen LogP contribution in [0.1, 0.15) is 258 Å². The van der Waals surface area contributed by atoms with Gasteiger partial charge in [-0.05, 0) is 83.5 Å². The first-order valence-corrected chi connectivity index (χ1v) is 35.1. The Labute approximate surface area is 534 Å². The van der Waals surface area contributed by atoms with E-state index in [-0.39, 0.29) is 18.9 Å². The van der Waals surface area contributed by atoms with Crippen molar-refractivity contribution in [3.8, 4) is 0 Å². The molecule has 2 aliphatic heterocycles. The Morgan fingerprint density at radius 3 is 1.25 bits per heavy atom. The standard InChI is InChI=1S/C74H127NO13/c1-3-5-7-9-11-13-15-17-19-21-23-25-27-28-29-30-31-32-33-34-36-37-39-41-43-45-47-49-51-53-55-57-63(78)62(61-85-73-71(84)69(82)72(65(60-77)87-73)88-74-70(83)68(81)67(80)64(59-76)86-74)75-66(79)58-56-54-52-50-48-46-44-42-40-38-35-26-24-22-20-18-16-14-12-10-8-6-4-2/h6,8,12,14,18,20,24,26,38,40,44,46-47,49-50,52,55,57,62-65,67-74,76-78,80-84H,3-5,7,9-11,13,15-17,19,21-23,25,27-37,39,41-43,45,48,51,53-54,56,58-61H2,1-2H3,(H,75,79)/b8-6-,14-12-,20-18-,26-24-,40-38-,46-44-,49-47+,52-50-,57-55+. The number of aliphatic hydroxyl groups excluding tert-OH is 8. The minimum absolute atomic E-state index is 0.187. The maximum absolute atomic E-state index is 13.3. The number of nitrogens with one attached hydrogen (secondary N) is 1. The molecule has 0 radical (unpaired) electrons. The molecule has 14 nitrogen and oxygen atoms in total. The van der Waals surface area contributed by atoms with Crippen LogP contribution in [0, 0.1) is 0 Å². The summed E-state index contributed by atoms with van der Waals surface area (Å²) >= 11 is 0. The molecule has 2 rings (SSSR count). The predicted molar refractivity (Wildman–Crippen MR) is 359 cm³/mol. The zero-order valence-corrected chi connectivity index (χ0v) is 54.9. The first kappa shape index (κ1) is 80.7. The van der Waals surface area contributed by atoms with Gasteiger partial charge >= 0.3 is 0 Å². The summed E-state index contributed by atoms with van der Waals surface area (Å²) in [6.07, 6.45) is 65.9. The van der Waals surface area contributed by atoms with Crippen molar-refractivity contribution in [1.82, 2.24) is 5.32 Å². The predicted octanol–water partition coefficient (Wildman–Crippen LogP) is 14.3. The molecule has 0 aromatic rings. The van der Waals surface area contributed by atoms with E-state index >= 15 is 0 Å². The number of carbonyl (C=O) groups is 1. The molecule has 0 spiro atoms. The average molecular weight is 1240 g/mol. The largest absolute Gasteiger partial charge is 0.394 e. The van der Waals surface area contributed by atoms with Crippen LogP contribution in [0.25, 0.3) is 0 Å². The second-order valence-electron chi connectivity index (χ2n) is 24.3. The minimum atomic E-state index is -1.80. The van der Waals surface area contributed by atoms with E-state index in [1.807, 2.05) is 12.2 Å². The van der Waals surface area contributed by atoms with Crippen LogP contribution >= 0.6 is 0 Å². The Bertz CT molecular complexity index is 1890. The van der Waals surface area contributed by atoms with Crippen LogP contribution in [-0.4, -0.2) is 140 Å². The van der Waals surface area contributed by atoms with E-state index in [2.05, 4.69) is 110 Å². The van der Waals surface area contributed by atoms with E-state index in [0.717, 1.165) is 57.8 Å². The van der Waals surface area contributed by atoms with Crippen molar-refractivity contribution in [2.75, 3.05) is 19.8 Å². The third-order valence-corrected chi connectivity index (χ3v) is 16.4. The summed E-state index contributed by atoms with van der Waals surface area (Å²) in [7, 11) is 0. The molecule has 12 unspecified atom stereocenters. The summed E-state index contributed by atoms with van der Waals surface area (Å²) in [5.41, 5.74) is 0. The van der Waals surface area contributed by atoms with Gasteiger partial charge in [-0.25, -0.2) is 0 Å². The lowest BCUT2D eigenvalue weighted by atomic mass is 9.97. The van der Waals surface area contributed by atoms with Crippen molar-refractivity contribution in [2.24, 2.45) is 0 Å². The molecule has 9 N–H and O–H groups in total. The zero-order valence-electron chi connectivity index (χ0n) is 54.9. The highest BCUT2D eigenvalue weighted by Gasteiger charge is 2.51. The Balaban J connectivity index is 1.72. The van der Waals surface area contributed by atoms with Gasteiger partial charge in [0.15, 0.2) is 12.6 Å². The maximum atomic E-state index is 13.3. The second kappa shape index (κ2) is 57.5. The molecular weight excluding hydrogens is 1110 g/mol. The number of hydrogen-bond donors (Lipinski definition) is 9. The molecule has 88 heavy (non-hydrogen) atoms. The number of carbonyl (C=O) groups excluding carboxylic acids is 1. The highest BCUT2D eigenvalue weighted by Crippen LogP contribution is 2.30. The summed E-state index contributed by atoms with van der Waals surface area (Å²) < 4.78 is 22.8. The van der Waals surface area contributed by atoms with E-state index in [0.29, 0.717) is 19.3 Å². The summed E-state index contributed by atoms with van der Waals surface area (Å²) in [6, 6.07) is -0.972. The lowest BCUT2D eigenvalue weighted by Crippen LogP contribution is -2.65. The molecule has 0 saturated carbocycles. The summed E-state index contributed by atoms with van der Waals surface area (Å²) in [5.74, 6) is -0.309. The monoisotopic (exact) mass is 1240 g/mol. The molecule has 14 heteroatoms. The molecule has 0 aliphatic carbocycles. The first-order chi connectivity index (χ1) is 43.1. The highest BCUT2D eigenvalue weighted by molar-refractivity contribution is 5.76. The molecule has 2 saturated heterocycles. The molecule has 0 bridgehead atoms. The van der Waals surface area contributed by atoms with Gasteiger partial charge in [0, 0.05) is 6.42 Å². The molecule has 2 fully saturated rings.